The van der Waals surface area contributed by atoms with Crippen LogP contribution in [-0.4, -0.2) is 12.0 Å². The maximum Gasteiger partial charge on any atom is 0.311 e. The Kier molecular flexibility index (Phi) is 3.94. The summed E-state index contributed by atoms with van der Waals surface area (Å²) in [6, 6.07) is 3.64. The molecular formula is C15H23NO3. The second-order valence-corrected chi connectivity index (χ2v) is 6.83. The van der Waals surface area contributed by atoms with Gasteiger partial charge in [0.15, 0.2) is 0 Å². The first-order chi connectivity index (χ1) is 8.48. The first-order valence-corrected chi connectivity index (χ1v) is 6.36. The average Bonchev–Trinajstić information content (AvgIpc) is 2.24. The maximum absolute atomic E-state index is 11.3. The van der Waals surface area contributed by atoms with Crippen molar-refractivity contribution < 1.29 is 9.66 Å². The number of benzene rings is 1. The first-order valence-electron chi connectivity index (χ1n) is 6.36. The van der Waals surface area contributed by atoms with Crippen LogP contribution >= 0.6 is 0 Å². The molecule has 0 unspecified atom stereocenters. The van der Waals surface area contributed by atoms with E-state index in [-0.39, 0.29) is 21.4 Å². The van der Waals surface area contributed by atoms with Gasteiger partial charge in [0, 0.05) is 11.6 Å². The van der Waals surface area contributed by atoms with E-state index in [1.165, 1.54) is 7.11 Å². The van der Waals surface area contributed by atoms with E-state index in [2.05, 4.69) is 0 Å². The quantitative estimate of drug-likeness (QED) is 0.595. The molecule has 0 N–H and O–H groups in total. The number of hydrogen-bond acceptors (Lipinski definition) is 3. The second-order valence-electron chi connectivity index (χ2n) is 6.83. The van der Waals surface area contributed by atoms with Crippen molar-refractivity contribution in [3.05, 3.63) is 33.4 Å². The van der Waals surface area contributed by atoms with E-state index in [4.69, 9.17) is 4.74 Å². The number of nitrogens with zero attached hydrogens (tertiary/aromatic N) is 1. The van der Waals surface area contributed by atoms with Crippen molar-refractivity contribution in [2.45, 2.75) is 52.4 Å². The minimum absolute atomic E-state index is 0.0415. The number of ether oxygens (including phenoxy) is 1. The predicted octanol–water partition coefficient (Wildman–Crippen LogP) is 4.20. The molecule has 0 aromatic heterocycles. The standard InChI is InChI=1S/C15H23NO3/c1-14(2,3)10-8-11(15(4,5)6)13(19-7)12(9-10)16(17)18/h8-9H,1-7H3. The Bertz CT molecular complexity index is 493. The van der Waals surface area contributed by atoms with E-state index in [9.17, 15) is 10.1 Å². The van der Waals surface area contributed by atoms with Crippen molar-refractivity contribution in [3.8, 4) is 5.75 Å². The van der Waals surface area contributed by atoms with Gasteiger partial charge < -0.3 is 4.74 Å². The van der Waals surface area contributed by atoms with E-state index < -0.39 is 0 Å². The molecule has 1 aromatic rings. The molecule has 0 amide bonds. The normalized spacial score (nSPS) is 12.4. The summed E-state index contributed by atoms with van der Waals surface area (Å²) in [5, 5.41) is 11.3. The van der Waals surface area contributed by atoms with Gasteiger partial charge in [0.1, 0.15) is 0 Å². The van der Waals surface area contributed by atoms with Gasteiger partial charge in [-0.25, -0.2) is 0 Å². The van der Waals surface area contributed by atoms with E-state index >= 15 is 0 Å². The van der Waals surface area contributed by atoms with Gasteiger partial charge in [0.25, 0.3) is 0 Å². The van der Waals surface area contributed by atoms with Gasteiger partial charge in [-0.3, -0.25) is 10.1 Å². The van der Waals surface area contributed by atoms with Crippen LogP contribution in [-0.2, 0) is 10.8 Å². The van der Waals surface area contributed by atoms with Crippen LogP contribution in [0.4, 0.5) is 5.69 Å². The molecule has 4 nitrogen and oxygen atoms in total. The van der Waals surface area contributed by atoms with Crippen molar-refractivity contribution in [1.29, 1.82) is 0 Å². The Labute approximate surface area is 114 Å². The third-order valence-corrected chi connectivity index (χ3v) is 3.14. The molecule has 0 saturated heterocycles. The maximum atomic E-state index is 11.3. The SMILES string of the molecule is COc1c([N+](=O)[O-])cc(C(C)(C)C)cc1C(C)(C)C. The Morgan fingerprint density at radius 3 is 1.89 bits per heavy atom. The number of methoxy groups -OCH3 is 1. The summed E-state index contributed by atoms with van der Waals surface area (Å²) in [7, 11) is 1.48. The predicted molar refractivity (Wildman–Crippen MR) is 77.0 cm³/mol. The average molecular weight is 265 g/mol. The molecule has 0 radical (unpaired) electrons. The van der Waals surface area contributed by atoms with Crippen molar-refractivity contribution >= 4 is 5.69 Å². The number of nitro benzene ring substituents is 1. The summed E-state index contributed by atoms with van der Waals surface area (Å²) < 4.78 is 5.29. The van der Waals surface area contributed by atoms with Gasteiger partial charge in [-0.15, -0.1) is 0 Å². The summed E-state index contributed by atoms with van der Waals surface area (Å²) in [6.45, 7) is 12.2. The lowest BCUT2D eigenvalue weighted by molar-refractivity contribution is -0.385. The Balaban J connectivity index is 3.70. The van der Waals surface area contributed by atoms with Crippen LogP contribution in [0.15, 0.2) is 12.1 Å². The highest BCUT2D eigenvalue weighted by Gasteiger charge is 2.30. The molecule has 0 heterocycles. The molecular weight excluding hydrogens is 242 g/mol. The molecule has 0 saturated carbocycles. The molecule has 0 atom stereocenters. The molecule has 19 heavy (non-hydrogen) atoms. The number of rotatable bonds is 2. The summed E-state index contributed by atoms with van der Waals surface area (Å²) >= 11 is 0. The Morgan fingerprint density at radius 2 is 1.58 bits per heavy atom. The van der Waals surface area contributed by atoms with E-state index in [1.54, 1.807) is 6.07 Å². The zero-order valence-electron chi connectivity index (χ0n) is 12.8. The van der Waals surface area contributed by atoms with E-state index in [1.807, 2.05) is 47.6 Å². The monoisotopic (exact) mass is 265 g/mol. The van der Waals surface area contributed by atoms with Crippen molar-refractivity contribution in [3.63, 3.8) is 0 Å². The van der Waals surface area contributed by atoms with Crippen LogP contribution < -0.4 is 4.74 Å². The van der Waals surface area contributed by atoms with Gasteiger partial charge >= 0.3 is 5.69 Å². The Hall–Kier alpha value is -1.58. The third kappa shape index (κ3) is 3.25. The zero-order chi connectivity index (χ0) is 15.0. The Morgan fingerprint density at radius 1 is 1.05 bits per heavy atom. The van der Waals surface area contributed by atoms with Gasteiger partial charge in [-0.05, 0) is 16.4 Å². The van der Waals surface area contributed by atoms with Crippen LogP contribution in [0.3, 0.4) is 0 Å². The second kappa shape index (κ2) is 4.83. The zero-order valence-corrected chi connectivity index (χ0v) is 12.8. The van der Waals surface area contributed by atoms with Gasteiger partial charge in [0.05, 0.1) is 12.0 Å². The van der Waals surface area contributed by atoms with E-state index in [0.29, 0.717) is 5.75 Å². The van der Waals surface area contributed by atoms with Gasteiger partial charge in [0.2, 0.25) is 5.75 Å². The molecule has 0 bridgehead atoms. The van der Waals surface area contributed by atoms with Crippen LogP contribution in [0.2, 0.25) is 0 Å². The lowest BCUT2D eigenvalue weighted by Crippen LogP contribution is -2.18. The fraction of sp³-hybridized carbons (Fsp3) is 0.600. The summed E-state index contributed by atoms with van der Waals surface area (Å²) in [6.07, 6.45) is 0. The lowest BCUT2D eigenvalue weighted by atomic mass is 9.79. The molecule has 0 fully saturated rings. The van der Waals surface area contributed by atoms with Crippen LogP contribution in [0, 0.1) is 10.1 Å². The molecule has 0 aliphatic heterocycles. The van der Waals surface area contributed by atoms with Crippen LogP contribution in [0.1, 0.15) is 52.7 Å². The fourth-order valence-electron chi connectivity index (χ4n) is 1.95. The summed E-state index contributed by atoms with van der Waals surface area (Å²) in [4.78, 5) is 10.9. The smallest absolute Gasteiger partial charge is 0.311 e. The minimum Gasteiger partial charge on any atom is -0.490 e. The molecule has 0 aliphatic rings. The van der Waals surface area contributed by atoms with Crippen molar-refractivity contribution in [2.24, 2.45) is 0 Å². The van der Waals surface area contributed by atoms with Crippen molar-refractivity contribution in [1.82, 2.24) is 0 Å². The minimum atomic E-state index is -0.372. The van der Waals surface area contributed by atoms with E-state index in [0.717, 1.165) is 11.1 Å². The van der Waals surface area contributed by atoms with Gasteiger partial charge in [-0.1, -0.05) is 47.6 Å². The fourth-order valence-corrected chi connectivity index (χ4v) is 1.95. The largest absolute Gasteiger partial charge is 0.490 e. The topological polar surface area (TPSA) is 52.4 Å². The summed E-state index contributed by atoms with van der Waals surface area (Å²) in [5.74, 6) is 0.366. The number of nitro groups is 1. The molecule has 1 rings (SSSR count). The first kappa shape index (κ1) is 15.5. The highest BCUT2D eigenvalue weighted by Crippen LogP contribution is 2.41. The lowest BCUT2D eigenvalue weighted by Gasteiger charge is -2.26. The molecule has 0 spiro atoms. The molecule has 4 heteroatoms. The summed E-state index contributed by atoms with van der Waals surface area (Å²) in [5.41, 5.74) is 1.51. The van der Waals surface area contributed by atoms with Crippen molar-refractivity contribution in [2.75, 3.05) is 7.11 Å². The molecule has 0 aliphatic carbocycles. The van der Waals surface area contributed by atoms with Crippen LogP contribution in [0.25, 0.3) is 0 Å². The number of hydrogen-bond donors (Lipinski definition) is 0. The highest BCUT2D eigenvalue weighted by molar-refractivity contribution is 5.57. The van der Waals surface area contributed by atoms with Crippen LogP contribution in [0.5, 0.6) is 5.75 Å². The third-order valence-electron chi connectivity index (χ3n) is 3.14. The highest BCUT2D eigenvalue weighted by atomic mass is 16.6. The molecule has 1 aromatic carbocycles. The van der Waals surface area contributed by atoms with Gasteiger partial charge in [-0.2, -0.15) is 0 Å². The molecule has 106 valence electrons.